The van der Waals surface area contributed by atoms with E-state index in [9.17, 15) is 4.79 Å². The van der Waals surface area contributed by atoms with E-state index < -0.39 is 5.97 Å². The van der Waals surface area contributed by atoms with E-state index in [4.69, 9.17) is 21.4 Å². The smallest absolute Gasteiger partial charge is 0.354 e. The molecule has 16 heavy (non-hydrogen) atoms. The lowest BCUT2D eigenvalue weighted by Crippen LogP contribution is -2.22. The van der Waals surface area contributed by atoms with Crippen molar-refractivity contribution in [3.8, 4) is 0 Å². The van der Waals surface area contributed by atoms with Crippen LogP contribution in [-0.4, -0.2) is 27.1 Å². The van der Waals surface area contributed by atoms with E-state index in [1.807, 2.05) is 0 Å². The third kappa shape index (κ3) is 2.68. The Hall–Kier alpha value is -1.20. The van der Waals surface area contributed by atoms with Gasteiger partial charge in [-0.25, -0.2) is 14.8 Å². The van der Waals surface area contributed by atoms with Crippen LogP contribution in [0.3, 0.4) is 0 Å². The van der Waals surface area contributed by atoms with Crippen molar-refractivity contribution >= 4 is 17.6 Å². The molecule has 0 amide bonds. The second-order valence-electron chi connectivity index (χ2n) is 3.66. The van der Waals surface area contributed by atoms with Crippen molar-refractivity contribution in [1.29, 1.82) is 0 Å². The van der Waals surface area contributed by atoms with Crippen molar-refractivity contribution in [3.05, 3.63) is 22.7 Å². The molecule has 0 unspecified atom stereocenters. The average molecular weight is 243 g/mol. The Bertz CT molecular complexity index is 407. The van der Waals surface area contributed by atoms with E-state index in [2.05, 4.69) is 9.97 Å². The number of nitrogens with zero attached hydrogens (tertiary/aromatic N) is 2. The van der Waals surface area contributed by atoms with Crippen LogP contribution >= 0.6 is 11.6 Å². The molecule has 1 aliphatic carbocycles. The summed E-state index contributed by atoms with van der Waals surface area (Å²) in [7, 11) is 0. The van der Waals surface area contributed by atoms with Crippen molar-refractivity contribution in [1.82, 2.24) is 9.97 Å². The third-order valence-corrected chi connectivity index (χ3v) is 2.65. The first-order valence-corrected chi connectivity index (χ1v) is 5.41. The SMILES string of the molecule is O=C(O)c1cc(Cl)nc(COC2CCC2)n1. The molecule has 0 radical (unpaired) electrons. The van der Waals surface area contributed by atoms with Crippen molar-refractivity contribution in [3.63, 3.8) is 0 Å². The topological polar surface area (TPSA) is 72.3 Å². The maximum absolute atomic E-state index is 10.7. The zero-order valence-electron chi connectivity index (χ0n) is 8.52. The Morgan fingerprint density at radius 2 is 2.31 bits per heavy atom. The summed E-state index contributed by atoms with van der Waals surface area (Å²) in [5.41, 5.74) is -0.104. The fraction of sp³-hybridized carbons (Fsp3) is 0.500. The molecule has 1 aliphatic rings. The highest BCUT2D eigenvalue weighted by Crippen LogP contribution is 2.22. The Labute approximate surface area is 97.4 Å². The number of halogens is 1. The van der Waals surface area contributed by atoms with Crippen LogP contribution in [0, 0.1) is 0 Å². The van der Waals surface area contributed by atoms with Crippen molar-refractivity contribution in [2.45, 2.75) is 32.0 Å². The van der Waals surface area contributed by atoms with E-state index >= 15 is 0 Å². The fourth-order valence-corrected chi connectivity index (χ4v) is 1.57. The highest BCUT2D eigenvalue weighted by atomic mass is 35.5. The van der Waals surface area contributed by atoms with Gasteiger partial charge in [0.25, 0.3) is 0 Å². The van der Waals surface area contributed by atoms with Crippen LogP contribution in [0.25, 0.3) is 0 Å². The molecule has 1 N–H and O–H groups in total. The minimum absolute atomic E-state index is 0.104. The summed E-state index contributed by atoms with van der Waals surface area (Å²) in [6, 6.07) is 1.22. The fourth-order valence-electron chi connectivity index (χ4n) is 1.37. The number of rotatable bonds is 4. The molecule has 1 saturated carbocycles. The lowest BCUT2D eigenvalue weighted by Gasteiger charge is -2.25. The Kier molecular flexibility index (Phi) is 3.36. The van der Waals surface area contributed by atoms with Gasteiger partial charge in [0.05, 0.1) is 6.10 Å². The van der Waals surface area contributed by atoms with Gasteiger partial charge < -0.3 is 9.84 Å². The molecule has 1 fully saturated rings. The van der Waals surface area contributed by atoms with Gasteiger partial charge in [-0.1, -0.05) is 11.6 Å². The number of ether oxygens (including phenoxy) is 1. The molecular formula is C10H11ClN2O3. The van der Waals surface area contributed by atoms with Crippen LogP contribution in [0.2, 0.25) is 5.15 Å². The molecule has 86 valence electrons. The second kappa shape index (κ2) is 4.76. The number of aromatic carboxylic acids is 1. The summed E-state index contributed by atoms with van der Waals surface area (Å²) in [6.07, 6.45) is 3.54. The monoisotopic (exact) mass is 242 g/mol. The van der Waals surface area contributed by atoms with Gasteiger partial charge in [-0.15, -0.1) is 0 Å². The van der Waals surface area contributed by atoms with Crippen LogP contribution in [0.4, 0.5) is 0 Å². The Balaban J connectivity index is 2.04. The number of hydrogen-bond acceptors (Lipinski definition) is 4. The molecule has 2 rings (SSSR count). The van der Waals surface area contributed by atoms with Crippen LogP contribution in [0.5, 0.6) is 0 Å². The van der Waals surface area contributed by atoms with Gasteiger partial charge in [-0.3, -0.25) is 0 Å². The third-order valence-electron chi connectivity index (χ3n) is 2.46. The largest absolute Gasteiger partial charge is 0.477 e. The number of carbonyl (C=O) groups is 1. The maximum atomic E-state index is 10.7. The molecule has 0 bridgehead atoms. The highest BCUT2D eigenvalue weighted by Gasteiger charge is 2.18. The van der Waals surface area contributed by atoms with E-state index in [-0.39, 0.29) is 23.6 Å². The molecule has 0 atom stereocenters. The minimum Gasteiger partial charge on any atom is -0.477 e. The minimum atomic E-state index is -1.12. The van der Waals surface area contributed by atoms with Gasteiger partial charge in [0.2, 0.25) is 0 Å². The molecule has 0 aliphatic heterocycles. The highest BCUT2D eigenvalue weighted by molar-refractivity contribution is 6.29. The van der Waals surface area contributed by atoms with Gasteiger partial charge in [-0.05, 0) is 19.3 Å². The van der Waals surface area contributed by atoms with Crippen molar-refractivity contribution in [2.75, 3.05) is 0 Å². The van der Waals surface area contributed by atoms with E-state index in [1.165, 1.54) is 12.5 Å². The number of aromatic nitrogens is 2. The summed E-state index contributed by atoms with van der Waals surface area (Å²) in [5.74, 6) is -0.800. The Morgan fingerprint density at radius 3 is 2.88 bits per heavy atom. The molecule has 5 nitrogen and oxygen atoms in total. The van der Waals surface area contributed by atoms with Gasteiger partial charge in [0.1, 0.15) is 11.8 Å². The van der Waals surface area contributed by atoms with Gasteiger partial charge in [-0.2, -0.15) is 0 Å². The second-order valence-corrected chi connectivity index (χ2v) is 4.05. The lowest BCUT2D eigenvalue weighted by molar-refractivity contribution is -0.0117. The molecule has 6 heteroatoms. The summed E-state index contributed by atoms with van der Waals surface area (Å²) >= 11 is 5.69. The van der Waals surface area contributed by atoms with Crippen LogP contribution in [0.15, 0.2) is 6.07 Å². The zero-order chi connectivity index (χ0) is 11.5. The number of hydrogen-bond donors (Lipinski definition) is 1. The standard InChI is InChI=1S/C10H11ClN2O3/c11-8-4-7(10(14)15)12-9(13-8)5-16-6-2-1-3-6/h4,6H,1-3,5H2,(H,14,15). The van der Waals surface area contributed by atoms with Crippen molar-refractivity contribution < 1.29 is 14.6 Å². The van der Waals surface area contributed by atoms with Crippen LogP contribution in [0.1, 0.15) is 35.6 Å². The molecule has 0 aromatic carbocycles. The molecular weight excluding hydrogens is 232 g/mol. The lowest BCUT2D eigenvalue weighted by atomic mass is 9.96. The van der Waals surface area contributed by atoms with Gasteiger partial charge in [0.15, 0.2) is 11.5 Å². The zero-order valence-corrected chi connectivity index (χ0v) is 9.28. The van der Waals surface area contributed by atoms with E-state index in [0.717, 1.165) is 12.8 Å². The summed E-state index contributed by atoms with van der Waals surface area (Å²) in [4.78, 5) is 18.5. The molecule has 0 saturated heterocycles. The predicted molar refractivity (Wildman–Crippen MR) is 56.4 cm³/mol. The first-order valence-electron chi connectivity index (χ1n) is 5.03. The number of carboxylic acids is 1. The van der Waals surface area contributed by atoms with Gasteiger partial charge >= 0.3 is 5.97 Å². The maximum Gasteiger partial charge on any atom is 0.354 e. The summed E-state index contributed by atoms with van der Waals surface area (Å²) < 4.78 is 5.48. The summed E-state index contributed by atoms with van der Waals surface area (Å²) in [5, 5.41) is 8.90. The first-order chi connectivity index (χ1) is 7.65. The normalized spacial score (nSPS) is 15.8. The van der Waals surface area contributed by atoms with Crippen molar-refractivity contribution in [2.24, 2.45) is 0 Å². The number of carboxylic acid groups (broad SMARTS) is 1. The predicted octanol–water partition coefficient (Wildman–Crippen LogP) is 1.90. The van der Waals surface area contributed by atoms with Crippen LogP contribution < -0.4 is 0 Å². The molecule has 0 spiro atoms. The molecule has 1 aromatic rings. The van der Waals surface area contributed by atoms with Crippen LogP contribution in [-0.2, 0) is 11.3 Å². The van der Waals surface area contributed by atoms with E-state index in [1.54, 1.807) is 0 Å². The average Bonchev–Trinajstić information content (AvgIpc) is 2.14. The molecule has 1 aromatic heterocycles. The van der Waals surface area contributed by atoms with E-state index in [0.29, 0.717) is 5.82 Å². The van der Waals surface area contributed by atoms with Gasteiger partial charge in [0, 0.05) is 6.07 Å². The first kappa shape index (κ1) is 11.3. The Morgan fingerprint density at radius 1 is 1.56 bits per heavy atom. The summed E-state index contributed by atoms with van der Waals surface area (Å²) in [6.45, 7) is 0.214. The molecule has 1 heterocycles. The quantitative estimate of drug-likeness (QED) is 0.817.